The van der Waals surface area contributed by atoms with E-state index in [4.69, 9.17) is 4.74 Å². The van der Waals surface area contributed by atoms with E-state index in [0.29, 0.717) is 24.2 Å². The van der Waals surface area contributed by atoms with Gasteiger partial charge in [0.25, 0.3) is 0 Å². The lowest BCUT2D eigenvalue weighted by atomic mass is 9.54. The fourth-order valence-electron chi connectivity index (χ4n) is 13.8. The molecule has 7 atom stereocenters. The van der Waals surface area contributed by atoms with E-state index in [-0.39, 0.29) is 55.6 Å². The number of nitrogens with one attached hydrogen (secondary N) is 4. The topological polar surface area (TPSA) is 156 Å². The second kappa shape index (κ2) is 13.8. The summed E-state index contributed by atoms with van der Waals surface area (Å²) in [6.07, 6.45) is -1.63. The molecule has 7 aliphatic rings. The molecule has 0 spiro atoms. The Morgan fingerprint density at radius 1 is 0.697 bits per heavy atom. The van der Waals surface area contributed by atoms with Gasteiger partial charge >= 0.3 is 6.09 Å². The zero-order chi connectivity index (χ0) is 45.5. The molecule has 66 heavy (non-hydrogen) atoms. The van der Waals surface area contributed by atoms with Gasteiger partial charge in [0.15, 0.2) is 0 Å². The molecule has 7 aliphatic heterocycles. The van der Waals surface area contributed by atoms with E-state index in [1.165, 1.54) is 7.11 Å². The third-order valence-corrected chi connectivity index (χ3v) is 16.5. The number of carbonyl (C=O) groups excluding carboxylic acids is 5. The molecule has 4 N–H and O–H groups in total. The van der Waals surface area contributed by atoms with Crippen LogP contribution < -0.4 is 26.2 Å². The van der Waals surface area contributed by atoms with Crippen molar-refractivity contribution in [1.82, 2.24) is 20.0 Å². The van der Waals surface area contributed by atoms with Crippen molar-refractivity contribution >= 4 is 52.5 Å². The number of benzene rings is 5. The van der Waals surface area contributed by atoms with Gasteiger partial charge in [-0.1, -0.05) is 103 Å². The van der Waals surface area contributed by atoms with Gasteiger partial charge in [-0.05, 0) is 57.5 Å². The fourth-order valence-corrected chi connectivity index (χ4v) is 13.8. The maximum Gasteiger partial charge on any atom is 0.411 e. The van der Waals surface area contributed by atoms with Crippen LogP contribution in [-0.2, 0) is 52.1 Å². The summed E-state index contributed by atoms with van der Waals surface area (Å²) in [6.45, 7) is 0.703. The van der Waals surface area contributed by atoms with Gasteiger partial charge in [0.05, 0.1) is 28.8 Å². The highest BCUT2D eigenvalue weighted by atomic mass is 16.5. The maximum absolute atomic E-state index is 15.9. The number of nitrogens with zero attached hydrogens (tertiary/aromatic N) is 4. The van der Waals surface area contributed by atoms with Crippen molar-refractivity contribution in [2.24, 2.45) is 0 Å². The van der Waals surface area contributed by atoms with Gasteiger partial charge in [-0.2, -0.15) is 0 Å². The number of para-hydroxylation sites is 4. The third kappa shape index (κ3) is 4.73. The molecular weight excluding hydrogens is 833 g/mol. The average molecular weight is 883 g/mol. The van der Waals surface area contributed by atoms with E-state index < -0.39 is 40.1 Å². The van der Waals surface area contributed by atoms with E-state index in [1.807, 2.05) is 105 Å². The molecule has 334 valence electrons. The Labute approximate surface area is 382 Å². The molecule has 14 nitrogen and oxygen atoms in total. The van der Waals surface area contributed by atoms with Crippen molar-refractivity contribution in [3.63, 3.8) is 0 Å². The van der Waals surface area contributed by atoms with Gasteiger partial charge in [0.2, 0.25) is 23.6 Å². The van der Waals surface area contributed by atoms with E-state index in [2.05, 4.69) is 50.4 Å². The van der Waals surface area contributed by atoms with Crippen LogP contribution in [0.2, 0.25) is 0 Å². The molecule has 0 radical (unpaired) electrons. The lowest BCUT2D eigenvalue weighted by Crippen LogP contribution is -2.62. The number of carbonyl (C=O) groups is 5. The van der Waals surface area contributed by atoms with Crippen molar-refractivity contribution in [3.8, 4) is 0 Å². The molecule has 5 amide bonds. The number of likely N-dealkylation sites (tertiary alicyclic amines) is 3. The Morgan fingerprint density at radius 3 is 1.95 bits per heavy atom. The van der Waals surface area contributed by atoms with Crippen LogP contribution in [0.5, 0.6) is 0 Å². The minimum absolute atomic E-state index is 0.0297. The first-order valence-electron chi connectivity index (χ1n) is 22.7. The molecular formula is C52H50N8O6. The molecule has 0 bridgehead atoms. The van der Waals surface area contributed by atoms with Crippen LogP contribution in [0.3, 0.4) is 0 Å². The minimum atomic E-state index is -1.55. The molecule has 7 heterocycles. The van der Waals surface area contributed by atoms with Crippen molar-refractivity contribution < 1.29 is 28.7 Å². The predicted octanol–water partition coefficient (Wildman–Crippen LogP) is 5.57. The smallest absolute Gasteiger partial charge is 0.411 e. The SMILES string of the molecule is CNC(=O)C[C@]1([C@]23CCN(C(=O)OC)[C@H]2N(Cc2ccccc2)c2ccccc23)C(=O)Nc2c([C@@]34CC(=O)N(C)[C@@H]3Nc3c([C@]56CC(=O)N(C)[C@H]5Nc5ccccc56)cccc34)cccc21. The zero-order valence-electron chi connectivity index (χ0n) is 37.2. The second-order valence-corrected chi connectivity index (χ2v) is 19.0. The van der Waals surface area contributed by atoms with E-state index in [9.17, 15) is 19.2 Å². The standard InChI is InChI=1S/C52H50N8O6/c1-53-39(61)26-52(51-24-25-59(48(65)66-4)47(51)60(29-30-14-6-5-7-15-30)38-23-11-9-17-32(38)51)36-21-13-20-35(43(36)56-46(52)64)50-28-41(63)58(3)45(50)55-42-33(18-12-19-34(42)50)49-27-40(62)57(2)44(49)54-37-22-10-8-16-31(37)49/h5-23,44-45,47,54-55H,24-29H2,1-4H3,(H,53,61)(H,56,64)/t44-,45+,47+,49-,50+,51+,52-/m1/s1. The predicted molar refractivity (Wildman–Crippen MR) is 248 cm³/mol. The van der Waals surface area contributed by atoms with Crippen LogP contribution in [0, 0.1) is 0 Å². The van der Waals surface area contributed by atoms with Crippen LogP contribution in [0.25, 0.3) is 0 Å². The number of hydrogen-bond donors (Lipinski definition) is 4. The molecule has 12 rings (SSSR count). The number of rotatable bonds is 7. The first-order chi connectivity index (χ1) is 32.0. The summed E-state index contributed by atoms with van der Waals surface area (Å²) in [7, 11) is 6.60. The van der Waals surface area contributed by atoms with Crippen LogP contribution in [0.4, 0.5) is 27.5 Å². The summed E-state index contributed by atoms with van der Waals surface area (Å²) < 4.78 is 5.48. The number of ether oxygens (including phenoxy) is 1. The number of likely N-dealkylation sites (N-methyl/N-ethyl adjacent to an activating group) is 2. The first-order valence-corrected chi connectivity index (χ1v) is 22.7. The minimum Gasteiger partial charge on any atom is -0.453 e. The van der Waals surface area contributed by atoms with E-state index in [0.717, 1.165) is 50.4 Å². The van der Waals surface area contributed by atoms with Gasteiger partial charge in [0.1, 0.15) is 18.5 Å². The summed E-state index contributed by atoms with van der Waals surface area (Å²) in [5, 5.41) is 13.8. The lowest BCUT2D eigenvalue weighted by molar-refractivity contribution is -0.131. The number of methoxy groups -OCH3 is 1. The van der Waals surface area contributed by atoms with Crippen LogP contribution in [0.15, 0.2) is 115 Å². The normalized spacial score (nSPS) is 29.3. The Hall–Kier alpha value is -7.35. The van der Waals surface area contributed by atoms with Crippen molar-refractivity contribution in [3.05, 3.63) is 154 Å². The molecule has 3 fully saturated rings. The van der Waals surface area contributed by atoms with E-state index >= 15 is 4.79 Å². The summed E-state index contributed by atoms with van der Waals surface area (Å²) in [5.74, 6) is -0.713. The third-order valence-electron chi connectivity index (χ3n) is 16.5. The average Bonchev–Trinajstić information content (AvgIpc) is 4.18. The molecule has 5 aromatic rings. The molecule has 14 heteroatoms. The van der Waals surface area contributed by atoms with E-state index in [1.54, 1.807) is 21.7 Å². The first kappa shape index (κ1) is 40.2. The van der Waals surface area contributed by atoms with Gasteiger partial charge in [-0.25, -0.2) is 4.79 Å². The van der Waals surface area contributed by atoms with Crippen molar-refractivity contribution in [2.75, 3.05) is 55.6 Å². The van der Waals surface area contributed by atoms with Gasteiger partial charge in [0, 0.05) is 76.2 Å². The molecule has 0 aromatic heterocycles. The highest BCUT2D eigenvalue weighted by Gasteiger charge is 2.74. The van der Waals surface area contributed by atoms with Gasteiger partial charge < -0.3 is 40.7 Å². The van der Waals surface area contributed by atoms with Crippen molar-refractivity contribution in [2.45, 2.75) is 72.4 Å². The molecule has 3 saturated heterocycles. The molecule has 0 saturated carbocycles. The number of anilines is 4. The highest BCUT2D eigenvalue weighted by molar-refractivity contribution is 6.12. The maximum atomic E-state index is 15.9. The summed E-state index contributed by atoms with van der Waals surface area (Å²) >= 11 is 0. The number of hydrogen-bond acceptors (Lipinski definition) is 9. The summed E-state index contributed by atoms with van der Waals surface area (Å²) in [6, 6.07) is 38.3. The molecule has 0 aliphatic carbocycles. The van der Waals surface area contributed by atoms with Crippen molar-refractivity contribution in [1.29, 1.82) is 0 Å². The quantitative estimate of drug-likeness (QED) is 0.164. The summed E-state index contributed by atoms with van der Waals surface area (Å²) in [4.78, 5) is 79.7. The number of fused-ring (bicyclic) bond motifs is 10. The van der Waals surface area contributed by atoms with Crippen LogP contribution >= 0.6 is 0 Å². The zero-order valence-corrected chi connectivity index (χ0v) is 37.2. The second-order valence-electron chi connectivity index (χ2n) is 19.0. The Kier molecular flexibility index (Phi) is 8.42. The summed E-state index contributed by atoms with van der Waals surface area (Å²) in [5.41, 5.74) is 4.97. The monoisotopic (exact) mass is 882 g/mol. The lowest BCUT2D eigenvalue weighted by Gasteiger charge is -2.47. The largest absolute Gasteiger partial charge is 0.453 e. The molecule has 5 aromatic carbocycles. The fraction of sp³-hybridized carbons (Fsp3) is 0.327. The van der Waals surface area contributed by atoms with Gasteiger partial charge in [-0.15, -0.1) is 0 Å². The Morgan fingerprint density at radius 2 is 1.27 bits per heavy atom. The Bertz CT molecular complexity index is 2960. The van der Waals surface area contributed by atoms with Crippen LogP contribution in [-0.4, -0.2) is 97.7 Å². The highest BCUT2D eigenvalue weighted by Crippen LogP contribution is 2.67. The molecule has 0 unspecified atom stereocenters. The number of amides is 5. The van der Waals surface area contributed by atoms with Gasteiger partial charge in [-0.3, -0.25) is 24.1 Å². The van der Waals surface area contributed by atoms with Crippen LogP contribution in [0.1, 0.15) is 64.6 Å². The Balaban J connectivity index is 1.09.